The molecule has 4 rings (SSSR count). The molecule has 3 aromatic rings. The van der Waals surface area contributed by atoms with E-state index in [0.29, 0.717) is 55.0 Å². The van der Waals surface area contributed by atoms with Crippen LogP contribution in [-0.2, 0) is 22.4 Å². The van der Waals surface area contributed by atoms with Crippen LogP contribution < -0.4 is 15.2 Å². The van der Waals surface area contributed by atoms with Crippen molar-refractivity contribution in [1.82, 2.24) is 10.1 Å². The number of rotatable bonds is 12. The standard InChI is InChI=1S/C26H30N4O5/c1-2-32-25(31)16-20(19-11-12-21-22(14-19)34-17-33-21)15-24-29-23(30-35-24)10-6-7-13-28-26(27)18-8-4-3-5-9-18/h3-5,8-9,11-12,14,20H,2,6-7,10,13,15-17H2,1H3,(H2,27,28). The van der Waals surface area contributed by atoms with Crippen LogP contribution in [0.5, 0.6) is 11.5 Å². The zero-order valence-electron chi connectivity index (χ0n) is 19.8. The Balaban J connectivity index is 1.32. The number of fused-ring (bicyclic) bond motifs is 1. The SMILES string of the molecule is CCOC(=O)CC(Cc1nc(CCCCN=C(N)c2ccccc2)no1)c1ccc2c(c1)OCO2. The Hall–Kier alpha value is -3.88. The lowest BCUT2D eigenvalue weighted by Gasteiger charge is -2.15. The third-order valence-electron chi connectivity index (χ3n) is 5.68. The number of hydrogen-bond donors (Lipinski definition) is 1. The van der Waals surface area contributed by atoms with Gasteiger partial charge in [-0.3, -0.25) is 9.79 Å². The molecule has 1 aliphatic heterocycles. The van der Waals surface area contributed by atoms with E-state index in [0.717, 1.165) is 24.0 Å². The molecule has 35 heavy (non-hydrogen) atoms. The molecular formula is C26H30N4O5. The van der Waals surface area contributed by atoms with Crippen LogP contribution >= 0.6 is 0 Å². The highest BCUT2D eigenvalue weighted by Gasteiger charge is 2.23. The van der Waals surface area contributed by atoms with Gasteiger partial charge in [0.2, 0.25) is 12.7 Å². The molecule has 0 saturated heterocycles. The monoisotopic (exact) mass is 478 g/mol. The van der Waals surface area contributed by atoms with Crippen LogP contribution in [0.15, 0.2) is 58.0 Å². The highest BCUT2D eigenvalue weighted by Crippen LogP contribution is 2.36. The number of hydrogen-bond acceptors (Lipinski definition) is 8. The van der Waals surface area contributed by atoms with E-state index in [-0.39, 0.29) is 25.1 Å². The molecule has 1 atom stereocenters. The first-order chi connectivity index (χ1) is 17.1. The molecule has 0 radical (unpaired) electrons. The van der Waals surface area contributed by atoms with Gasteiger partial charge in [0.05, 0.1) is 13.0 Å². The minimum absolute atomic E-state index is 0.188. The maximum atomic E-state index is 12.2. The summed E-state index contributed by atoms with van der Waals surface area (Å²) in [6.07, 6.45) is 3.02. The molecule has 0 bridgehead atoms. The van der Waals surface area contributed by atoms with Crippen LogP contribution in [0.4, 0.5) is 0 Å². The molecular weight excluding hydrogens is 448 g/mol. The Labute approximate surface area is 204 Å². The average molecular weight is 479 g/mol. The van der Waals surface area contributed by atoms with Gasteiger partial charge in [-0.25, -0.2) is 0 Å². The molecule has 0 fully saturated rings. The smallest absolute Gasteiger partial charge is 0.306 e. The number of nitrogens with two attached hydrogens (primary N) is 1. The van der Waals surface area contributed by atoms with Crippen molar-refractivity contribution >= 4 is 11.8 Å². The third-order valence-corrected chi connectivity index (χ3v) is 5.68. The summed E-state index contributed by atoms with van der Waals surface area (Å²) in [6.45, 7) is 2.95. The first-order valence-corrected chi connectivity index (χ1v) is 11.8. The Morgan fingerprint density at radius 2 is 1.97 bits per heavy atom. The number of ether oxygens (including phenoxy) is 3. The number of aromatic nitrogens is 2. The summed E-state index contributed by atoms with van der Waals surface area (Å²) in [5, 5.41) is 4.11. The molecule has 0 aliphatic carbocycles. The molecule has 184 valence electrons. The predicted molar refractivity (Wildman–Crippen MR) is 130 cm³/mol. The van der Waals surface area contributed by atoms with Crippen molar-refractivity contribution in [3.63, 3.8) is 0 Å². The second-order valence-corrected chi connectivity index (χ2v) is 8.22. The quantitative estimate of drug-likeness (QED) is 0.180. The molecule has 9 nitrogen and oxygen atoms in total. The summed E-state index contributed by atoms with van der Waals surface area (Å²) in [6, 6.07) is 15.4. The molecule has 1 aliphatic rings. The lowest BCUT2D eigenvalue weighted by molar-refractivity contribution is -0.143. The lowest BCUT2D eigenvalue weighted by atomic mass is 9.92. The summed E-state index contributed by atoms with van der Waals surface area (Å²) in [5.41, 5.74) is 7.88. The van der Waals surface area contributed by atoms with Crippen LogP contribution in [0.2, 0.25) is 0 Å². The van der Waals surface area contributed by atoms with Gasteiger partial charge in [-0.1, -0.05) is 41.6 Å². The van der Waals surface area contributed by atoms with Gasteiger partial charge in [0.25, 0.3) is 0 Å². The summed E-state index contributed by atoms with van der Waals surface area (Å²) >= 11 is 0. The molecule has 0 amide bonds. The van der Waals surface area contributed by atoms with Gasteiger partial charge < -0.3 is 24.5 Å². The van der Waals surface area contributed by atoms with E-state index in [2.05, 4.69) is 15.1 Å². The normalized spacial score (nSPS) is 13.6. The van der Waals surface area contributed by atoms with E-state index in [1.54, 1.807) is 6.92 Å². The minimum atomic E-state index is -0.273. The van der Waals surface area contributed by atoms with Crippen LogP contribution in [0.3, 0.4) is 0 Å². The number of amidine groups is 1. The summed E-state index contributed by atoms with van der Waals surface area (Å²) in [4.78, 5) is 21.2. The van der Waals surface area contributed by atoms with Crippen molar-refractivity contribution in [2.24, 2.45) is 10.7 Å². The number of aliphatic imine (C=N–C) groups is 1. The van der Waals surface area contributed by atoms with Gasteiger partial charge in [-0.2, -0.15) is 4.98 Å². The number of aryl methyl sites for hydroxylation is 1. The van der Waals surface area contributed by atoms with Crippen molar-refractivity contribution in [1.29, 1.82) is 0 Å². The van der Waals surface area contributed by atoms with E-state index in [1.165, 1.54) is 0 Å². The van der Waals surface area contributed by atoms with E-state index < -0.39 is 0 Å². The van der Waals surface area contributed by atoms with Gasteiger partial charge in [0, 0.05) is 30.9 Å². The fourth-order valence-electron chi connectivity index (χ4n) is 3.88. The molecule has 0 spiro atoms. The highest BCUT2D eigenvalue weighted by atomic mass is 16.7. The van der Waals surface area contributed by atoms with Gasteiger partial charge in [0.15, 0.2) is 17.3 Å². The van der Waals surface area contributed by atoms with Crippen molar-refractivity contribution in [2.45, 2.75) is 44.9 Å². The van der Waals surface area contributed by atoms with Crippen molar-refractivity contribution in [3.8, 4) is 11.5 Å². The maximum absolute atomic E-state index is 12.2. The van der Waals surface area contributed by atoms with Crippen molar-refractivity contribution in [2.75, 3.05) is 19.9 Å². The highest BCUT2D eigenvalue weighted by molar-refractivity contribution is 5.97. The second-order valence-electron chi connectivity index (χ2n) is 8.22. The number of nitrogens with zero attached hydrogens (tertiary/aromatic N) is 3. The number of carbonyl (C=O) groups excluding carboxylic acids is 1. The lowest BCUT2D eigenvalue weighted by Crippen LogP contribution is -2.13. The van der Waals surface area contributed by atoms with E-state index in [4.69, 9.17) is 24.5 Å². The minimum Gasteiger partial charge on any atom is -0.466 e. The molecule has 1 aromatic heterocycles. The predicted octanol–water partition coefficient (Wildman–Crippen LogP) is 3.81. The molecule has 2 aromatic carbocycles. The van der Waals surface area contributed by atoms with Crippen LogP contribution in [-0.4, -0.2) is 41.9 Å². The zero-order valence-corrected chi connectivity index (χ0v) is 19.8. The van der Waals surface area contributed by atoms with Crippen molar-refractivity contribution < 1.29 is 23.5 Å². The Kier molecular flexibility index (Phi) is 8.32. The topological polar surface area (TPSA) is 122 Å². The van der Waals surface area contributed by atoms with E-state index >= 15 is 0 Å². The largest absolute Gasteiger partial charge is 0.466 e. The summed E-state index contributed by atoms with van der Waals surface area (Å²) < 4.78 is 21.5. The average Bonchev–Trinajstić information content (AvgIpc) is 3.53. The van der Waals surface area contributed by atoms with Crippen LogP contribution in [0.1, 0.15) is 54.9 Å². The maximum Gasteiger partial charge on any atom is 0.306 e. The van der Waals surface area contributed by atoms with Gasteiger partial charge >= 0.3 is 5.97 Å². The van der Waals surface area contributed by atoms with Gasteiger partial charge in [0.1, 0.15) is 5.84 Å². The van der Waals surface area contributed by atoms with Gasteiger partial charge in [-0.15, -0.1) is 0 Å². The number of esters is 1. The fraction of sp³-hybridized carbons (Fsp3) is 0.385. The second kappa shape index (κ2) is 12.0. The zero-order chi connectivity index (χ0) is 24.5. The summed E-state index contributed by atoms with van der Waals surface area (Å²) in [7, 11) is 0. The van der Waals surface area contributed by atoms with E-state index in [1.807, 2.05) is 48.5 Å². The molecule has 9 heteroatoms. The van der Waals surface area contributed by atoms with Crippen molar-refractivity contribution in [3.05, 3.63) is 71.4 Å². The third kappa shape index (κ3) is 6.81. The fourth-order valence-corrected chi connectivity index (χ4v) is 3.88. The number of benzene rings is 2. The summed E-state index contributed by atoms with van der Waals surface area (Å²) in [5.74, 6) is 2.57. The molecule has 1 unspecified atom stereocenters. The Morgan fingerprint density at radius 1 is 1.14 bits per heavy atom. The number of unbranched alkanes of at least 4 members (excludes halogenated alkanes) is 1. The molecule has 0 saturated carbocycles. The van der Waals surface area contributed by atoms with Gasteiger partial charge in [-0.05, 0) is 37.5 Å². The molecule has 2 heterocycles. The Morgan fingerprint density at radius 3 is 2.80 bits per heavy atom. The Bertz CT molecular complexity index is 1150. The number of carbonyl (C=O) groups is 1. The van der Waals surface area contributed by atoms with E-state index in [9.17, 15) is 4.79 Å². The molecule has 2 N–H and O–H groups in total. The first kappa shape index (κ1) is 24.3. The van der Waals surface area contributed by atoms with Crippen LogP contribution in [0, 0.1) is 0 Å². The van der Waals surface area contributed by atoms with Crippen LogP contribution in [0.25, 0.3) is 0 Å². The first-order valence-electron chi connectivity index (χ1n) is 11.8.